The number of hydrogen-bond acceptors (Lipinski definition) is 3. The van der Waals surface area contributed by atoms with Crippen molar-refractivity contribution in [2.24, 2.45) is 11.7 Å². The molecule has 0 unspecified atom stereocenters. The van der Waals surface area contributed by atoms with Crippen molar-refractivity contribution in [2.75, 3.05) is 6.54 Å². The second-order valence-electron chi connectivity index (χ2n) is 5.16. The van der Waals surface area contributed by atoms with E-state index in [1.165, 1.54) is 24.3 Å². The Balaban J connectivity index is 2.61. The fourth-order valence-electron chi connectivity index (χ4n) is 1.60. The van der Waals surface area contributed by atoms with Crippen LogP contribution in [-0.2, 0) is 16.3 Å². The van der Waals surface area contributed by atoms with Crippen LogP contribution < -0.4 is 16.4 Å². The molecule has 3 amide bonds. The van der Waals surface area contributed by atoms with Gasteiger partial charge in [0.1, 0.15) is 12.7 Å². The molecule has 0 aliphatic rings. The molecule has 0 spiro atoms. The minimum Gasteiger partial charge on any atom is -0.368 e. The molecular formula is C15H20FN3O3. The molecule has 1 atom stereocenters. The van der Waals surface area contributed by atoms with Gasteiger partial charge in [-0.2, -0.15) is 0 Å². The largest absolute Gasteiger partial charge is 0.368 e. The van der Waals surface area contributed by atoms with Crippen LogP contribution in [0.4, 0.5) is 4.39 Å². The van der Waals surface area contributed by atoms with Crippen LogP contribution in [0.25, 0.3) is 0 Å². The molecule has 0 aliphatic carbocycles. The molecule has 4 N–H and O–H groups in total. The lowest BCUT2D eigenvalue weighted by atomic mass is 10.1. The smallest absolute Gasteiger partial charge is 0.251 e. The zero-order valence-electron chi connectivity index (χ0n) is 12.6. The average Bonchev–Trinajstić information content (AvgIpc) is 2.50. The summed E-state index contributed by atoms with van der Waals surface area (Å²) in [6.45, 7) is 2.64. The maximum Gasteiger partial charge on any atom is 0.251 e. The van der Waals surface area contributed by atoms with E-state index in [1.54, 1.807) is 13.8 Å². The first kappa shape index (κ1) is 17.6. The van der Waals surface area contributed by atoms with Crippen LogP contribution in [0.5, 0.6) is 0 Å². The van der Waals surface area contributed by atoms with Crippen LogP contribution in [0.2, 0.25) is 0 Å². The molecule has 0 saturated carbocycles. The maximum atomic E-state index is 12.4. The van der Waals surface area contributed by atoms with Gasteiger partial charge < -0.3 is 16.4 Å². The second kappa shape index (κ2) is 8.11. The molecule has 0 bridgehead atoms. The Labute approximate surface area is 128 Å². The molecule has 0 aliphatic heterocycles. The first-order valence-corrected chi connectivity index (χ1v) is 6.88. The van der Waals surface area contributed by atoms with Gasteiger partial charge in [-0.25, -0.2) is 4.39 Å². The van der Waals surface area contributed by atoms with E-state index in [4.69, 9.17) is 5.73 Å². The monoisotopic (exact) mass is 309 g/mol. The Hall–Kier alpha value is -2.44. The van der Waals surface area contributed by atoms with Gasteiger partial charge in [-0.3, -0.25) is 14.4 Å². The number of carbonyl (C=O) groups excluding carboxylic acids is 3. The van der Waals surface area contributed by atoms with Crippen LogP contribution >= 0.6 is 0 Å². The van der Waals surface area contributed by atoms with E-state index in [2.05, 4.69) is 10.6 Å². The molecule has 0 fully saturated rings. The highest BCUT2D eigenvalue weighted by Gasteiger charge is 2.20. The summed E-state index contributed by atoms with van der Waals surface area (Å²) in [6, 6.07) is 4.98. The third-order valence-electron chi connectivity index (χ3n) is 3.02. The second-order valence-corrected chi connectivity index (χ2v) is 5.16. The number of halogens is 1. The van der Waals surface area contributed by atoms with Gasteiger partial charge in [0, 0.05) is 18.0 Å². The molecule has 0 aromatic heterocycles. The fraction of sp³-hybridized carbons (Fsp3) is 0.400. The molecular weight excluding hydrogens is 289 g/mol. The zero-order chi connectivity index (χ0) is 16.7. The summed E-state index contributed by atoms with van der Waals surface area (Å²) in [5.41, 5.74) is 6.00. The number of amides is 3. The van der Waals surface area contributed by atoms with Crippen molar-refractivity contribution in [2.45, 2.75) is 26.6 Å². The van der Waals surface area contributed by atoms with Gasteiger partial charge in [0.2, 0.25) is 11.8 Å². The molecule has 22 heavy (non-hydrogen) atoms. The highest BCUT2D eigenvalue weighted by molar-refractivity contribution is 5.95. The normalized spacial score (nSPS) is 11.8. The quantitative estimate of drug-likeness (QED) is 0.684. The molecule has 1 rings (SSSR count). The molecule has 1 aromatic carbocycles. The van der Waals surface area contributed by atoms with E-state index in [9.17, 15) is 18.8 Å². The average molecular weight is 309 g/mol. The summed E-state index contributed by atoms with van der Waals surface area (Å²) in [7, 11) is 0. The van der Waals surface area contributed by atoms with Crippen LogP contribution in [0.15, 0.2) is 24.3 Å². The third-order valence-corrected chi connectivity index (χ3v) is 3.02. The summed E-state index contributed by atoms with van der Waals surface area (Å²) in [5, 5.41) is 4.98. The Morgan fingerprint density at radius 2 is 1.77 bits per heavy atom. The number of nitrogens with one attached hydrogen (secondary N) is 2. The summed E-state index contributed by atoms with van der Waals surface area (Å²) in [4.78, 5) is 34.8. The number of alkyl halides is 1. The summed E-state index contributed by atoms with van der Waals surface area (Å²) in [5.74, 6) is -1.80. The molecule has 0 saturated heterocycles. The summed E-state index contributed by atoms with van der Waals surface area (Å²) < 4.78 is 12.4. The van der Waals surface area contributed by atoms with E-state index in [0.717, 1.165) is 0 Å². The van der Waals surface area contributed by atoms with Crippen molar-refractivity contribution < 1.29 is 18.8 Å². The standard InChI is InChI=1S/C15H20FN3O3/c1-9(2)14(21)19-12(13(17)20)8-18-15(22)11-5-3-10(7-16)4-6-11/h3-6,9,12H,7-8H2,1-2H3,(H2,17,20)(H,18,22)(H,19,21)/t12-/m0/s1. The van der Waals surface area contributed by atoms with Crippen molar-refractivity contribution in [1.29, 1.82) is 0 Å². The third kappa shape index (κ3) is 5.16. The number of nitrogens with two attached hydrogens (primary N) is 1. The van der Waals surface area contributed by atoms with E-state index in [1.807, 2.05) is 0 Å². The van der Waals surface area contributed by atoms with Crippen molar-refractivity contribution in [3.63, 3.8) is 0 Å². The first-order chi connectivity index (χ1) is 10.3. The Kier molecular flexibility index (Phi) is 6.49. The van der Waals surface area contributed by atoms with Crippen molar-refractivity contribution in [3.05, 3.63) is 35.4 Å². The molecule has 6 nitrogen and oxygen atoms in total. The van der Waals surface area contributed by atoms with Gasteiger partial charge >= 0.3 is 0 Å². The van der Waals surface area contributed by atoms with Gasteiger partial charge in [-0.1, -0.05) is 26.0 Å². The van der Waals surface area contributed by atoms with Gasteiger partial charge in [0.05, 0.1) is 0 Å². The predicted molar refractivity (Wildman–Crippen MR) is 79.6 cm³/mol. The van der Waals surface area contributed by atoms with Crippen LogP contribution in [0, 0.1) is 5.92 Å². The molecule has 1 aromatic rings. The van der Waals surface area contributed by atoms with Gasteiger partial charge in [-0.05, 0) is 17.7 Å². The lowest BCUT2D eigenvalue weighted by molar-refractivity contribution is -0.129. The van der Waals surface area contributed by atoms with E-state index in [-0.39, 0.29) is 18.4 Å². The lowest BCUT2D eigenvalue weighted by Crippen LogP contribution is -2.52. The summed E-state index contributed by atoms with van der Waals surface area (Å²) in [6.07, 6.45) is 0. The van der Waals surface area contributed by atoms with Crippen molar-refractivity contribution in [3.8, 4) is 0 Å². The molecule has 120 valence electrons. The highest BCUT2D eigenvalue weighted by atomic mass is 19.1. The van der Waals surface area contributed by atoms with Crippen molar-refractivity contribution in [1.82, 2.24) is 10.6 Å². The van der Waals surface area contributed by atoms with Crippen LogP contribution in [-0.4, -0.2) is 30.3 Å². The van der Waals surface area contributed by atoms with Crippen LogP contribution in [0.1, 0.15) is 29.8 Å². The maximum absolute atomic E-state index is 12.4. The Morgan fingerprint density at radius 1 is 1.18 bits per heavy atom. The van der Waals surface area contributed by atoms with E-state index in [0.29, 0.717) is 11.1 Å². The number of primary amides is 1. The number of hydrogen-bond donors (Lipinski definition) is 3. The minimum absolute atomic E-state index is 0.114. The molecule has 0 heterocycles. The number of carbonyl (C=O) groups is 3. The fourth-order valence-corrected chi connectivity index (χ4v) is 1.60. The predicted octanol–water partition coefficient (Wildman–Crippen LogP) is 0.512. The molecule has 7 heteroatoms. The number of rotatable bonds is 7. The minimum atomic E-state index is -0.982. The first-order valence-electron chi connectivity index (χ1n) is 6.88. The Bertz CT molecular complexity index is 543. The van der Waals surface area contributed by atoms with Crippen molar-refractivity contribution >= 4 is 17.7 Å². The zero-order valence-corrected chi connectivity index (χ0v) is 12.6. The van der Waals surface area contributed by atoms with E-state index < -0.39 is 24.5 Å². The van der Waals surface area contributed by atoms with Crippen LogP contribution in [0.3, 0.4) is 0 Å². The number of benzene rings is 1. The van der Waals surface area contributed by atoms with Gasteiger partial charge in [0.25, 0.3) is 5.91 Å². The van der Waals surface area contributed by atoms with Gasteiger partial charge in [0.15, 0.2) is 0 Å². The highest BCUT2D eigenvalue weighted by Crippen LogP contribution is 2.05. The summed E-state index contributed by atoms with van der Waals surface area (Å²) >= 11 is 0. The van der Waals surface area contributed by atoms with Gasteiger partial charge in [-0.15, -0.1) is 0 Å². The molecule has 0 radical (unpaired) electrons. The topological polar surface area (TPSA) is 101 Å². The lowest BCUT2D eigenvalue weighted by Gasteiger charge is -2.17. The Morgan fingerprint density at radius 3 is 2.23 bits per heavy atom. The SMILES string of the molecule is CC(C)C(=O)N[C@@H](CNC(=O)c1ccc(CF)cc1)C(N)=O. The van der Waals surface area contributed by atoms with E-state index >= 15 is 0 Å².